The minimum atomic E-state index is -4.48. The highest BCUT2D eigenvalue weighted by Crippen LogP contribution is 2.31. The summed E-state index contributed by atoms with van der Waals surface area (Å²) in [5, 5.41) is 10.9. The molecule has 0 saturated carbocycles. The first kappa shape index (κ1) is 17.7. The van der Waals surface area contributed by atoms with Gasteiger partial charge in [0, 0.05) is 18.5 Å². The van der Waals surface area contributed by atoms with Gasteiger partial charge in [0.15, 0.2) is 5.65 Å². The normalized spacial score (nSPS) is 11.7. The van der Waals surface area contributed by atoms with Gasteiger partial charge in [-0.15, -0.1) is 0 Å². The van der Waals surface area contributed by atoms with E-state index in [1.807, 2.05) is 0 Å². The molecule has 0 atom stereocenters. The third-order valence-corrected chi connectivity index (χ3v) is 4.02. The third-order valence-electron chi connectivity index (χ3n) is 4.02. The van der Waals surface area contributed by atoms with Gasteiger partial charge in [0.05, 0.1) is 23.1 Å². The first-order chi connectivity index (χ1) is 13.3. The van der Waals surface area contributed by atoms with Crippen LogP contribution in [0.1, 0.15) is 21.6 Å². The van der Waals surface area contributed by atoms with Crippen LogP contribution in [0.25, 0.3) is 11.3 Å². The molecular formula is C18H13F3N6O. The second-order valence-electron chi connectivity index (χ2n) is 6.03. The van der Waals surface area contributed by atoms with E-state index < -0.39 is 17.6 Å². The summed E-state index contributed by atoms with van der Waals surface area (Å²) < 4.78 is 41.8. The summed E-state index contributed by atoms with van der Waals surface area (Å²) in [5.74, 6) is -0.265. The van der Waals surface area contributed by atoms with Gasteiger partial charge < -0.3 is 5.32 Å². The van der Waals surface area contributed by atoms with Gasteiger partial charge in [-0.3, -0.25) is 4.79 Å². The lowest BCUT2D eigenvalue weighted by atomic mass is 10.2. The number of anilines is 1. The van der Waals surface area contributed by atoms with Crippen molar-refractivity contribution in [1.29, 1.82) is 0 Å². The second-order valence-corrected chi connectivity index (χ2v) is 6.03. The maximum atomic E-state index is 13.0. The average molecular weight is 386 g/mol. The van der Waals surface area contributed by atoms with Crippen LogP contribution in [0, 0.1) is 6.92 Å². The minimum absolute atomic E-state index is 0.177. The molecule has 0 aliphatic carbocycles. The van der Waals surface area contributed by atoms with Gasteiger partial charge in [-0.25, -0.2) is 14.2 Å². The van der Waals surface area contributed by atoms with Crippen molar-refractivity contribution in [3.8, 4) is 5.69 Å². The third kappa shape index (κ3) is 3.20. The van der Waals surface area contributed by atoms with Crippen molar-refractivity contribution in [1.82, 2.24) is 24.4 Å². The van der Waals surface area contributed by atoms with E-state index in [9.17, 15) is 18.0 Å². The Hall–Kier alpha value is -3.69. The molecule has 3 heterocycles. The average Bonchev–Trinajstić information content (AvgIpc) is 3.24. The Morgan fingerprint density at radius 2 is 2.00 bits per heavy atom. The van der Waals surface area contributed by atoms with Crippen LogP contribution in [0.3, 0.4) is 0 Å². The highest BCUT2D eigenvalue weighted by molar-refractivity contribution is 6.07. The SMILES string of the molecule is Cc1cc(NC(=O)c2cnn3cccnc23)n(-c2cccc(C(F)(F)F)c2)n1. The molecule has 0 spiro atoms. The molecule has 4 rings (SSSR count). The number of alkyl halides is 3. The molecule has 1 amide bonds. The summed E-state index contributed by atoms with van der Waals surface area (Å²) in [5.41, 5.74) is 0.501. The van der Waals surface area contributed by atoms with Crippen LogP contribution in [0.4, 0.5) is 19.0 Å². The summed E-state index contributed by atoms with van der Waals surface area (Å²) in [6.45, 7) is 1.68. The number of aryl methyl sites for hydroxylation is 1. The highest BCUT2D eigenvalue weighted by Gasteiger charge is 2.30. The van der Waals surface area contributed by atoms with E-state index in [0.717, 1.165) is 12.1 Å². The zero-order chi connectivity index (χ0) is 19.9. The van der Waals surface area contributed by atoms with E-state index in [2.05, 4.69) is 20.5 Å². The topological polar surface area (TPSA) is 77.1 Å². The molecule has 1 aromatic carbocycles. The standard InChI is InChI=1S/C18H13F3N6O/c1-11-8-15(24-17(28)14-10-23-26-7-3-6-22-16(14)26)27(25-11)13-5-2-4-12(9-13)18(19,20)21/h2-10H,1H3,(H,24,28). The van der Waals surface area contributed by atoms with Gasteiger partial charge in [0.2, 0.25) is 0 Å². The van der Waals surface area contributed by atoms with Crippen LogP contribution in [0.2, 0.25) is 0 Å². The molecule has 0 saturated heterocycles. The monoisotopic (exact) mass is 386 g/mol. The molecule has 4 aromatic rings. The van der Waals surface area contributed by atoms with Crippen molar-refractivity contribution in [2.45, 2.75) is 13.1 Å². The Morgan fingerprint density at radius 3 is 2.79 bits per heavy atom. The zero-order valence-corrected chi connectivity index (χ0v) is 14.5. The number of hydrogen-bond acceptors (Lipinski definition) is 4. The van der Waals surface area contributed by atoms with Crippen LogP contribution in [0.15, 0.2) is 55.0 Å². The molecule has 0 unspecified atom stereocenters. The van der Waals surface area contributed by atoms with Crippen molar-refractivity contribution in [3.63, 3.8) is 0 Å². The molecule has 0 aliphatic heterocycles. The number of carbonyl (C=O) groups is 1. The molecule has 28 heavy (non-hydrogen) atoms. The van der Waals surface area contributed by atoms with Crippen LogP contribution >= 0.6 is 0 Å². The van der Waals surface area contributed by atoms with Crippen molar-refractivity contribution >= 4 is 17.4 Å². The van der Waals surface area contributed by atoms with Gasteiger partial charge in [-0.05, 0) is 31.2 Å². The summed E-state index contributed by atoms with van der Waals surface area (Å²) >= 11 is 0. The zero-order valence-electron chi connectivity index (χ0n) is 14.5. The number of hydrogen-bond donors (Lipinski definition) is 1. The Kier molecular flexibility index (Phi) is 4.10. The lowest BCUT2D eigenvalue weighted by Gasteiger charge is -2.11. The van der Waals surface area contributed by atoms with Crippen molar-refractivity contribution < 1.29 is 18.0 Å². The van der Waals surface area contributed by atoms with Crippen LogP contribution < -0.4 is 5.32 Å². The van der Waals surface area contributed by atoms with Gasteiger partial charge in [0.1, 0.15) is 11.4 Å². The Labute approximate surface area is 156 Å². The summed E-state index contributed by atoms with van der Waals surface area (Å²) in [4.78, 5) is 16.8. The van der Waals surface area contributed by atoms with Crippen LogP contribution in [-0.4, -0.2) is 30.3 Å². The smallest absolute Gasteiger partial charge is 0.306 e. The number of nitrogens with one attached hydrogen (secondary N) is 1. The van der Waals surface area contributed by atoms with E-state index in [1.165, 1.54) is 33.7 Å². The Balaban J connectivity index is 1.70. The molecular weight excluding hydrogens is 373 g/mol. The Bertz CT molecular complexity index is 1180. The van der Waals surface area contributed by atoms with Gasteiger partial charge >= 0.3 is 6.18 Å². The predicted molar refractivity (Wildman–Crippen MR) is 94.2 cm³/mol. The first-order valence-electron chi connectivity index (χ1n) is 8.17. The van der Waals surface area contributed by atoms with Gasteiger partial charge in [-0.1, -0.05) is 6.07 Å². The van der Waals surface area contributed by atoms with E-state index in [1.54, 1.807) is 25.3 Å². The molecule has 0 radical (unpaired) electrons. The minimum Gasteiger partial charge on any atom is -0.306 e. The number of carbonyl (C=O) groups excluding carboxylic acids is 1. The predicted octanol–water partition coefficient (Wildman–Crippen LogP) is 3.49. The number of fused-ring (bicyclic) bond motifs is 1. The van der Waals surface area contributed by atoms with Crippen LogP contribution in [-0.2, 0) is 6.18 Å². The fourth-order valence-corrected chi connectivity index (χ4v) is 2.77. The van der Waals surface area contributed by atoms with Gasteiger partial charge in [0.25, 0.3) is 5.91 Å². The number of nitrogens with zero attached hydrogens (tertiary/aromatic N) is 5. The highest BCUT2D eigenvalue weighted by atomic mass is 19.4. The number of amides is 1. The molecule has 0 fully saturated rings. The summed E-state index contributed by atoms with van der Waals surface area (Å²) in [6, 6.07) is 7.96. The lowest BCUT2D eigenvalue weighted by Crippen LogP contribution is -2.15. The fraction of sp³-hybridized carbons (Fsp3) is 0.111. The summed E-state index contributed by atoms with van der Waals surface area (Å²) in [7, 11) is 0. The molecule has 0 aliphatic rings. The van der Waals surface area contributed by atoms with Crippen LogP contribution in [0.5, 0.6) is 0 Å². The quantitative estimate of drug-likeness (QED) is 0.585. The number of rotatable bonds is 3. The lowest BCUT2D eigenvalue weighted by molar-refractivity contribution is -0.137. The maximum Gasteiger partial charge on any atom is 0.416 e. The molecule has 3 aromatic heterocycles. The van der Waals surface area contributed by atoms with Crippen molar-refractivity contribution in [3.05, 3.63) is 71.8 Å². The molecule has 10 heteroatoms. The first-order valence-corrected chi connectivity index (χ1v) is 8.17. The molecule has 1 N–H and O–H groups in total. The van der Waals surface area contributed by atoms with E-state index in [4.69, 9.17) is 0 Å². The summed E-state index contributed by atoms with van der Waals surface area (Å²) in [6.07, 6.45) is 0.0703. The van der Waals surface area contributed by atoms with E-state index in [0.29, 0.717) is 11.3 Å². The Morgan fingerprint density at radius 1 is 1.18 bits per heavy atom. The number of benzene rings is 1. The van der Waals surface area contributed by atoms with Crippen molar-refractivity contribution in [2.24, 2.45) is 0 Å². The number of halogens is 3. The number of aromatic nitrogens is 5. The van der Waals surface area contributed by atoms with E-state index >= 15 is 0 Å². The largest absolute Gasteiger partial charge is 0.416 e. The second kappa shape index (κ2) is 6.48. The molecule has 0 bridgehead atoms. The van der Waals surface area contributed by atoms with Gasteiger partial charge in [-0.2, -0.15) is 23.4 Å². The van der Waals surface area contributed by atoms with Crippen molar-refractivity contribution in [2.75, 3.05) is 5.32 Å². The van der Waals surface area contributed by atoms with E-state index in [-0.39, 0.29) is 17.1 Å². The molecule has 142 valence electrons. The fourth-order valence-electron chi connectivity index (χ4n) is 2.77. The molecule has 7 nitrogen and oxygen atoms in total. The maximum absolute atomic E-state index is 13.0.